The summed E-state index contributed by atoms with van der Waals surface area (Å²) < 4.78 is 18.5. The number of ether oxygens (including phenoxy) is 1. The van der Waals surface area contributed by atoms with Crippen molar-refractivity contribution in [2.75, 3.05) is 44.3 Å². The maximum atomic E-state index is 13.1. The van der Waals surface area contributed by atoms with E-state index in [2.05, 4.69) is 30.0 Å². The van der Waals surface area contributed by atoms with Crippen molar-refractivity contribution < 1.29 is 9.13 Å². The second-order valence-electron chi connectivity index (χ2n) is 6.68. The fourth-order valence-electron chi connectivity index (χ4n) is 3.66. The molecular formula is C17H23FN6O. The molecule has 1 atom stereocenters. The van der Waals surface area contributed by atoms with Crippen LogP contribution in [0.15, 0.2) is 18.6 Å². The first-order valence-corrected chi connectivity index (χ1v) is 8.84. The summed E-state index contributed by atoms with van der Waals surface area (Å²) in [6, 6.07) is 0. The molecular weight excluding hydrogens is 323 g/mol. The third-order valence-electron chi connectivity index (χ3n) is 4.97. The third-order valence-corrected chi connectivity index (χ3v) is 4.97. The maximum Gasteiger partial charge on any atom is 0.225 e. The Morgan fingerprint density at radius 1 is 1.16 bits per heavy atom. The number of morpholine rings is 1. The van der Waals surface area contributed by atoms with Gasteiger partial charge in [-0.15, -0.1) is 0 Å². The molecule has 0 spiro atoms. The lowest BCUT2D eigenvalue weighted by atomic mass is 9.92. The monoisotopic (exact) mass is 346 g/mol. The fraction of sp³-hybridized carbons (Fsp3) is 0.588. The van der Waals surface area contributed by atoms with Gasteiger partial charge in [-0.1, -0.05) is 0 Å². The molecule has 0 radical (unpaired) electrons. The molecule has 134 valence electrons. The Kier molecular flexibility index (Phi) is 4.89. The van der Waals surface area contributed by atoms with E-state index in [1.165, 1.54) is 23.7 Å². The molecule has 2 fully saturated rings. The van der Waals surface area contributed by atoms with Gasteiger partial charge in [-0.2, -0.15) is 5.10 Å². The molecule has 0 aromatic carbocycles. The quantitative estimate of drug-likeness (QED) is 0.906. The summed E-state index contributed by atoms with van der Waals surface area (Å²) in [5.41, 5.74) is 2.46. The Morgan fingerprint density at radius 3 is 2.76 bits per heavy atom. The highest BCUT2D eigenvalue weighted by Crippen LogP contribution is 2.30. The Balaban J connectivity index is 1.46. The van der Waals surface area contributed by atoms with E-state index in [9.17, 15) is 4.39 Å². The minimum atomic E-state index is -0.404. The van der Waals surface area contributed by atoms with E-state index in [0.717, 1.165) is 58.8 Å². The molecule has 0 amide bonds. The zero-order valence-corrected chi connectivity index (χ0v) is 14.2. The highest BCUT2D eigenvalue weighted by atomic mass is 19.1. The lowest BCUT2D eigenvalue weighted by Gasteiger charge is -2.33. The molecule has 0 saturated carbocycles. The van der Waals surface area contributed by atoms with Crippen LogP contribution in [0.1, 0.15) is 30.0 Å². The van der Waals surface area contributed by atoms with Gasteiger partial charge in [0.25, 0.3) is 0 Å². The molecule has 0 aliphatic carbocycles. The summed E-state index contributed by atoms with van der Waals surface area (Å²) in [6.07, 6.45) is 6.56. The molecule has 25 heavy (non-hydrogen) atoms. The summed E-state index contributed by atoms with van der Waals surface area (Å²) in [5.74, 6) is 0.556. The van der Waals surface area contributed by atoms with Gasteiger partial charge in [0.15, 0.2) is 5.82 Å². The molecule has 2 aromatic rings. The van der Waals surface area contributed by atoms with Crippen molar-refractivity contribution in [3.63, 3.8) is 0 Å². The van der Waals surface area contributed by atoms with E-state index < -0.39 is 5.82 Å². The van der Waals surface area contributed by atoms with Gasteiger partial charge in [0.1, 0.15) is 0 Å². The van der Waals surface area contributed by atoms with Crippen LogP contribution in [0.4, 0.5) is 10.3 Å². The number of aromatic nitrogens is 4. The summed E-state index contributed by atoms with van der Waals surface area (Å²) >= 11 is 0. The van der Waals surface area contributed by atoms with E-state index in [1.54, 1.807) is 0 Å². The van der Waals surface area contributed by atoms with Crippen LogP contribution in [0.25, 0.3) is 0 Å². The van der Waals surface area contributed by atoms with E-state index in [0.29, 0.717) is 11.9 Å². The average Bonchev–Trinajstić information content (AvgIpc) is 3.11. The van der Waals surface area contributed by atoms with Crippen molar-refractivity contribution >= 4 is 5.95 Å². The largest absolute Gasteiger partial charge is 0.379 e. The van der Waals surface area contributed by atoms with E-state index in [1.807, 2.05) is 6.20 Å². The van der Waals surface area contributed by atoms with Gasteiger partial charge in [-0.05, 0) is 12.8 Å². The molecule has 2 saturated heterocycles. The Hall–Kier alpha value is -2.06. The van der Waals surface area contributed by atoms with Crippen molar-refractivity contribution in [1.82, 2.24) is 25.1 Å². The molecule has 7 nitrogen and oxygen atoms in total. The molecule has 2 aliphatic heterocycles. The normalized spacial score (nSPS) is 22.3. The van der Waals surface area contributed by atoms with E-state index >= 15 is 0 Å². The number of piperidine rings is 1. The van der Waals surface area contributed by atoms with E-state index in [4.69, 9.17) is 4.74 Å². The van der Waals surface area contributed by atoms with Crippen LogP contribution in [-0.2, 0) is 11.3 Å². The molecule has 2 aliphatic rings. The zero-order chi connectivity index (χ0) is 17.1. The number of nitrogens with one attached hydrogen (secondary N) is 1. The van der Waals surface area contributed by atoms with Crippen LogP contribution in [0.2, 0.25) is 0 Å². The van der Waals surface area contributed by atoms with Crippen molar-refractivity contribution in [2.24, 2.45) is 0 Å². The first-order valence-electron chi connectivity index (χ1n) is 8.84. The number of rotatable bonds is 4. The van der Waals surface area contributed by atoms with Gasteiger partial charge in [0.05, 0.1) is 31.8 Å². The Morgan fingerprint density at radius 2 is 1.96 bits per heavy atom. The van der Waals surface area contributed by atoms with E-state index in [-0.39, 0.29) is 0 Å². The predicted octanol–water partition coefficient (Wildman–Crippen LogP) is 1.55. The summed E-state index contributed by atoms with van der Waals surface area (Å²) in [5, 5.41) is 7.50. The van der Waals surface area contributed by atoms with Crippen molar-refractivity contribution in [3.05, 3.63) is 35.7 Å². The molecule has 4 heterocycles. The third kappa shape index (κ3) is 3.80. The Bertz CT molecular complexity index is 685. The molecule has 0 bridgehead atoms. The smallest absolute Gasteiger partial charge is 0.225 e. The number of aromatic amines is 1. The van der Waals surface area contributed by atoms with Crippen molar-refractivity contribution in [3.8, 4) is 0 Å². The second kappa shape index (κ2) is 7.45. The number of nitrogens with zero attached hydrogens (tertiary/aromatic N) is 5. The average molecular weight is 346 g/mol. The van der Waals surface area contributed by atoms with Gasteiger partial charge in [-0.3, -0.25) is 10.00 Å². The number of hydrogen-bond donors (Lipinski definition) is 1. The molecule has 8 heteroatoms. The topological polar surface area (TPSA) is 70.2 Å². The van der Waals surface area contributed by atoms with Crippen LogP contribution in [0.5, 0.6) is 0 Å². The van der Waals surface area contributed by atoms with Gasteiger partial charge in [0.2, 0.25) is 5.95 Å². The Labute approximate surface area is 146 Å². The minimum Gasteiger partial charge on any atom is -0.379 e. The highest BCUT2D eigenvalue weighted by molar-refractivity contribution is 5.33. The van der Waals surface area contributed by atoms with Crippen molar-refractivity contribution in [1.29, 1.82) is 0 Å². The number of anilines is 1. The summed E-state index contributed by atoms with van der Waals surface area (Å²) in [6.45, 7) is 6.14. The number of H-pyrrole nitrogens is 1. The molecule has 2 aromatic heterocycles. The number of halogens is 1. The van der Waals surface area contributed by atoms with Crippen LogP contribution >= 0.6 is 0 Å². The summed E-state index contributed by atoms with van der Waals surface area (Å²) in [7, 11) is 0. The number of hydrogen-bond acceptors (Lipinski definition) is 6. The van der Waals surface area contributed by atoms with Gasteiger partial charge in [-0.25, -0.2) is 14.4 Å². The van der Waals surface area contributed by atoms with Gasteiger partial charge < -0.3 is 9.64 Å². The molecule has 4 rings (SSSR count). The predicted molar refractivity (Wildman–Crippen MR) is 90.9 cm³/mol. The van der Waals surface area contributed by atoms with Gasteiger partial charge >= 0.3 is 0 Å². The minimum absolute atomic E-state index is 0.362. The first-order chi connectivity index (χ1) is 12.3. The van der Waals surface area contributed by atoms with Crippen LogP contribution in [0, 0.1) is 5.82 Å². The molecule has 1 N–H and O–H groups in total. The van der Waals surface area contributed by atoms with Crippen molar-refractivity contribution in [2.45, 2.75) is 25.3 Å². The van der Waals surface area contributed by atoms with Crippen LogP contribution in [-0.4, -0.2) is 64.5 Å². The first kappa shape index (κ1) is 16.4. The lowest BCUT2D eigenvalue weighted by Crippen LogP contribution is -2.37. The zero-order valence-electron chi connectivity index (χ0n) is 14.2. The summed E-state index contributed by atoms with van der Waals surface area (Å²) in [4.78, 5) is 12.8. The standard InChI is InChI=1S/C17H23FN6O/c18-15-9-19-17(20-10-15)24-3-1-2-13(12-24)16-14(8-21-22-16)11-23-4-6-25-7-5-23/h8-10,13H,1-7,11-12H2,(H,21,22). The second-order valence-corrected chi connectivity index (χ2v) is 6.68. The van der Waals surface area contributed by atoms with Crippen LogP contribution < -0.4 is 4.90 Å². The maximum absolute atomic E-state index is 13.1. The molecule has 1 unspecified atom stereocenters. The van der Waals surface area contributed by atoms with Crippen LogP contribution in [0.3, 0.4) is 0 Å². The highest BCUT2D eigenvalue weighted by Gasteiger charge is 2.26. The fourth-order valence-corrected chi connectivity index (χ4v) is 3.66. The van der Waals surface area contributed by atoms with Gasteiger partial charge in [0, 0.05) is 49.9 Å². The lowest BCUT2D eigenvalue weighted by molar-refractivity contribution is 0.0340. The SMILES string of the molecule is Fc1cnc(N2CCCC(c3[nH]ncc3CN3CCOCC3)C2)nc1.